The van der Waals surface area contributed by atoms with E-state index in [0.717, 1.165) is 22.3 Å². The smallest absolute Gasteiger partial charge is 0.399 e. The number of benzene rings is 3. The molecular weight excluding hydrogens is 437 g/mol. The molecule has 3 aromatic carbocycles. The van der Waals surface area contributed by atoms with E-state index in [0.29, 0.717) is 0 Å². The van der Waals surface area contributed by atoms with Gasteiger partial charge in [0.05, 0.1) is 16.9 Å². The third-order valence-electron chi connectivity index (χ3n) is 7.16. The van der Waals surface area contributed by atoms with Gasteiger partial charge in [-0.15, -0.1) is 11.3 Å². The lowest BCUT2D eigenvalue weighted by Crippen LogP contribution is -2.41. The second-order valence-electron chi connectivity index (χ2n) is 9.93. The van der Waals surface area contributed by atoms with Crippen LogP contribution in [0.2, 0.25) is 0 Å². The standard InChI is InChI=1S/C29H26BNO2S/c1-28(2)29(3,4)33-30(32-28)21-17-19(16-20(18-21)25-13-7-8-15-31-25)22-11-9-12-24-23-10-5-6-14-26(23)34-27(22)24/h5-18H,1-4H3. The van der Waals surface area contributed by atoms with E-state index >= 15 is 0 Å². The van der Waals surface area contributed by atoms with Crippen molar-refractivity contribution in [1.82, 2.24) is 4.98 Å². The fourth-order valence-electron chi connectivity index (χ4n) is 4.58. The molecule has 0 N–H and O–H groups in total. The molecule has 3 heterocycles. The maximum Gasteiger partial charge on any atom is 0.494 e. The second-order valence-corrected chi connectivity index (χ2v) is 11.0. The van der Waals surface area contributed by atoms with Crippen molar-refractivity contribution in [3.05, 3.63) is 85.1 Å². The predicted octanol–water partition coefficient (Wildman–Crippen LogP) is 7.08. The predicted molar refractivity (Wildman–Crippen MR) is 144 cm³/mol. The van der Waals surface area contributed by atoms with Gasteiger partial charge in [-0.2, -0.15) is 0 Å². The first-order valence-corrected chi connectivity index (χ1v) is 12.5. The van der Waals surface area contributed by atoms with Crippen LogP contribution < -0.4 is 5.46 Å². The molecule has 0 radical (unpaired) electrons. The van der Waals surface area contributed by atoms with E-state index in [1.54, 1.807) is 0 Å². The Hall–Kier alpha value is -2.99. The van der Waals surface area contributed by atoms with Crippen LogP contribution in [0.25, 0.3) is 42.6 Å². The van der Waals surface area contributed by atoms with Gasteiger partial charge in [0, 0.05) is 31.9 Å². The van der Waals surface area contributed by atoms with Crippen LogP contribution in [-0.2, 0) is 9.31 Å². The Kier molecular flexibility index (Phi) is 4.92. The van der Waals surface area contributed by atoms with Crippen LogP contribution in [0.15, 0.2) is 85.1 Å². The number of pyridine rings is 1. The zero-order chi connectivity index (χ0) is 23.5. The van der Waals surface area contributed by atoms with Crippen LogP contribution >= 0.6 is 11.3 Å². The van der Waals surface area contributed by atoms with E-state index < -0.39 is 18.3 Å². The first-order valence-electron chi connectivity index (χ1n) is 11.7. The molecule has 6 rings (SSSR count). The minimum absolute atomic E-state index is 0.398. The van der Waals surface area contributed by atoms with Crippen molar-refractivity contribution in [2.75, 3.05) is 0 Å². The molecule has 0 spiro atoms. The van der Waals surface area contributed by atoms with Crippen molar-refractivity contribution < 1.29 is 9.31 Å². The van der Waals surface area contributed by atoms with Crippen molar-refractivity contribution in [3.63, 3.8) is 0 Å². The topological polar surface area (TPSA) is 31.4 Å². The van der Waals surface area contributed by atoms with Gasteiger partial charge in [0.25, 0.3) is 0 Å². The maximum atomic E-state index is 6.43. The highest BCUT2D eigenvalue weighted by molar-refractivity contribution is 7.26. The second kappa shape index (κ2) is 7.77. The molecule has 0 saturated carbocycles. The minimum atomic E-state index is -0.436. The summed E-state index contributed by atoms with van der Waals surface area (Å²) in [5.74, 6) is 0. The number of nitrogens with zero attached hydrogens (tertiary/aromatic N) is 1. The van der Waals surface area contributed by atoms with E-state index in [9.17, 15) is 0 Å². The SMILES string of the molecule is CC1(C)OB(c2cc(-c3ccccn3)cc(-c3cccc4c3sc3ccccc34)c2)OC1(C)C. The van der Waals surface area contributed by atoms with Crippen molar-refractivity contribution >= 4 is 44.1 Å². The van der Waals surface area contributed by atoms with Gasteiger partial charge in [-0.3, -0.25) is 4.98 Å². The first kappa shape index (κ1) is 21.5. The number of hydrogen-bond donors (Lipinski definition) is 0. The molecule has 5 heteroatoms. The zero-order valence-electron chi connectivity index (χ0n) is 19.8. The van der Waals surface area contributed by atoms with Crippen molar-refractivity contribution in [3.8, 4) is 22.4 Å². The van der Waals surface area contributed by atoms with Crippen LogP contribution in [0.4, 0.5) is 0 Å². The summed E-state index contributed by atoms with van der Waals surface area (Å²) in [7, 11) is -0.436. The van der Waals surface area contributed by atoms with E-state index in [4.69, 9.17) is 9.31 Å². The Balaban J connectivity index is 1.56. The highest BCUT2D eigenvalue weighted by atomic mass is 32.1. The summed E-state index contributed by atoms with van der Waals surface area (Å²) in [5.41, 5.74) is 4.56. The Bertz CT molecular complexity index is 1510. The van der Waals surface area contributed by atoms with E-state index in [1.165, 1.54) is 25.7 Å². The molecule has 1 aliphatic rings. The lowest BCUT2D eigenvalue weighted by atomic mass is 9.76. The minimum Gasteiger partial charge on any atom is -0.399 e. The third-order valence-corrected chi connectivity index (χ3v) is 8.38. The maximum absolute atomic E-state index is 6.43. The molecule has 3 nitrogen and oxygen atoms in total. The number of thiophene rings is 1. The fourth-order valence-corrected chi connectivity index (χ4v) is 5.82. The summed E-state index contributed by atoms with van der Waals surface area (Å²) in [6.07, 6.45) is 1.84. The van der Waals surface area contributed by atoms with Crippen molar-refractivity contribution in [1.29, 1.82) is 0 Å². The van der Waals surface area contributed by atoms with Gasteiger partial charge in [-0.1, -0.05) is 54.6 Å². The van der Waals surface area contributed by atoms with Gasteiger partial charge in [0.15, 0.2) is 0 Å². The van der Waals surface area contributed by atoms with Gasteiger partial charge in [0.1, 0.15) is 0 Å². The van der Waals surface area contributed by atoms with Gasteiger partial charge < -0.3 is 9.31 Å². The molecule has 168 valence electrons. The van der Waals surface area contributed by atoms with Crippen molar-refractivity contribution in [2.24, 2.45) is 0 Å². The van der Waals surface area contributed by atoms with E-state index in [-0.39, 0.29) is 0 Å². The summed E-state index contributed by atoms with van der Waals surface area (Å²) >= 11 is 1.84. The molecule has 0 atom stereocenters. The van der Waals surface area contributed by atoms with Gasteiger partial charge in [-0.25, -0.2) is 0 Å². The summed E-state index contributed by atoms with van der Waals surface area (Å²) < 4.78 is 15.5. The van der Waals surface area contributed by atoms with E-state index in [1.807, 2.05) is 35.7 Å². The lowest BCUT2D eigenvalue weighted by Gasteiger charge is -2.32. The Morgan fingerprint density at radius 3 is 2.21 bits per heavy atom. The van der Waals surface area contributed by atoms with Gasteiger partial charge in [-0.05, 0) is 68.6 Å². The summed E-state index contributed by atoms with van der Waals surface area (Å²) in [6, 6.07) is 27.8. The first-order chi connectivity index (χ1) is 16.3. The van der Waals surface area contributed by atoms with Gasteiger partial charge >= 0.3 is 7.12 Å². The quantitative estimate of drug-likeness (QED) is 0.268. The van der Waals surface area contributed by atoms with Crippen LogP contribution in [0.5, 0.6) is 0 Å². The molecule has 0 amide bonds. The van der Waals surface area contributed by atoms with Gasteiger partial charge in [0.2, 0.25) is 0 Å². The van der Waals surface area contributed by atoms with E-state index in [2.05, 4.69) is 93.3 Å². The molecule has 34 heavy (non-hydrogen) atoms. The molecule has 2 aromatic heterocycles. The highest BCUT2D eigenvalue weighted by Crippen LogP contribution is 2.41. The average molecular weight is 463 g/mol. The molecule has 0 unspecified atom stereocenters. The molecular formula is C29H26BNO2S. The van der Waals surface area contributed by atoms with Crippen LogP contribution in [0.3, 0.4) is 0 Å². The summed E-state index contributed by atoms with van der Waals surface area (Å²) in [5, 5.41) is 2.59. The van der Waals surface area contributed by atoms with Crippen LogP contribution in [0.1, 0.15) is 27.7 Å². The number of hydrogen-bond acceptors (Lipinski definition) is 4. The Morgan fingerprint density at radius 2 is 1.44 bits per heavy atom. The van der Waals surface area contributed by atoms with Crippen LogP contribution in [-0.4, -0.2) is 23.3 Å². The Labute approximate surface area is 204 Å². The molecule has 1 aliphatic heterocycles. The molecule has 1 fully saturated rings. The lowest BCUT2D eigenvalue weighted by molar-refractivity contribution is 0.00578. The monoisotopic (exact) mass is 463 g/mol. The Morgan fingerprint density at radius 1 is 0.735 bits per heavy atom. The number of aromatic nitrogens is 1. The zero-order valence-corrected chi connectivity index (χ0v) is 20.6. The molecule has 0 bridgehead atoms. The summed E-state index contributed by atoms with van der Waals surface area (Å²) in [6.45, 7) is 8.37. The highest BCUT2D eigenvalue weighted by Gasteiger charge is 2.51. The number of fused-ring (bicyclic) bond motifs is 3. The fraction of sp³-hybridized carbons (Fsp3) is 0.207. The molecule has 0 aliphatic carbocycles. The third kappa shape index (κ3) is 3.47. The average Bonchev–Trinajstić information content (AvgIpc) is 3.32. The normalized spacial score (nSPS) is 17.0. The number of rotatable bonds is 3. The van der Waals surface area contributed by atoms with Crippen molar-refractivity contribution in [2.45, 2.75) is 38.9 Å². The largest absolute Gasteiger partial charge is 0.494 e. The molecule has 1 saturated heterocycles. The van der Waals surface area contributed by atoms with Crippen LogP contribution in [0, 0.1) is 0 Å². The summed E-state index contributed by atoms with van der Waals surface area (Å²) in [4.78, 5) is 4.63. The molecule has 5 aromatic rings.